The zero-order valence-electron chi connectivity index (χ0n) is 6.71. The number of nitrogens with zero attached hydrogens (tertiary/aromatic N) is 1. The fourth-order valence-corrected chi connectivity index (χ4v) is 2.00. The molecule has 0 spiro atoms. The molecular weight excluding hydrogens is 138 g/mol. The summed E-state index contributed by atoms with van der Waals surface area (Å²) in [5.41, 5.74) is 5.63. The van der Waals surface area contributed by atoms with Crippen LogP contribution in [0.15, 0.2) is 4.99 Å². The quantitative estimate of drug-likeness (QED) is 0.524. The average Bonchev–Trinajstić information content (AvgIpc) is 2.04. The number of fused-ring (bicyclic) bond motifs is 1. The summed E-state index contributed by atoms with van der Waals surface area (Å²) in [7, 11) is 0. The van der Waals surface area contributed by atoms with Crippen LogP contribution in [0.5, 0.6) is 0 Å². The van der Waals surface area contributed by atoms with Crippen LogP contribution in [0.3, 0.4) is 0 Å². The van der Waals surface area contributed by atoms with Gasteiger partial charge in [0.05, 0.1) is 12.6 Å². The summed E-state index contributed by atoms with van der Waals surface area (Å²) in [6.07, 6.45) is 5.17. The maximum atomic E-state index is 5.63. The zero-order chi connectivity index (χ0) is 7.68. The van der Waals surface area contributed by atoms with E-state index in [2.05, 4.69) is 10.3 Å². The Hall–Kier alpha value is -0.570. The van der Waals surface area contributed by atoms with Gasteiger partial charge in [0.2, 0.25) is 0 Å². The number of nitrogens with two attached hydrogens (primary N) is 1. The normalized spacial score (nSPS) is 37.6. The van der Waals surface area contributed by atoms with E-state index in [1.54, 1.807) is 0 Å². The Balaban J connectivity index is 2.07. The summed E-state index contributed by atoms with van der Waals surface area (Å²) >= 11 is 0. The van der Waals surface area contributed by atoms with Gasteiger partial charge in [-0.05, 0) is 12.8 Å². The Morgan fingerprint density at radius 2 is 2.18 bits per heavy atom. The fraction of sp³-hybridized carbons (Fsp3) is 0.875. The highest BCUT2D eigenvalue weighted by atomic mass is 15.1. The van der Waals surface area contributed by atoms with Crippen LogP contribution in [0.1, 0.15) is 25.7 Å². The van der Waals surface area contributed by atoms with E-state index in [-0.39, 0.29) is 0 Å². The Kier molecular flexibility index (Phi) is 1.82. The molecule has 0 radical (unpaired) electrons. The zero-order valence-corrected chi connectivity index (χ0v) is 6.71. The van der Waals surface area contributed by atoms with Crippen molar-refractivity contribution in [1.29, 1.82) is 0 Å². The molecule has 1 aliphatic carbocycles. The topological polar surface area (TPSA) is 50.4 Å². The highest BCUT2D eigenvalue weighted by molar-refractivity contribution is 5.83. The van der Waals surface area contributed by atoms with E-state index >= 15 is 0 Å². The molecule has 1 fully saturated rings. The summed E-state index contributed by atoms with van der Waals surface area (Å²) in [6.45, 7) is 0.793. The molecule has 0 saturated heterocycles. The van der Waals surface area contributed by atoms with Crippen molar-refractivity contribution >= 4 is 5.84 Å². The maximum absolute atomic E-state index is 5.63. The molecule has 11 heavy (non-hydrogen) atoms. The van der Waals surface area contributed by atoms with Crippen molar-refractivity contribution < 1.29 is 0 Å². The van der Waals surface area contributed by atoms with Crippen LogP contribution in [-0.4, -0.2) is 24.5 Å². The Bertz CT molecular complexity index is 176. The molecule has 0 aromatic heterocycles. The van der Waals surface area contributed by atoms with Gasteiger partial charge in [-0.1, -0.05) is 12.8 Å². The molecule has 1 heterocycles. The van der Waals surface area contributed by atoms with Crippen molar-refractivity contribution in [3.05, 3.63) is 0 Å². The highest BCUT2D eigenvalue weighted by Gasteiger charge is 2.26. The molecule has 3 heteroatoms. The number of amidine groups is 1. The van der Waals surface area contributed by atoms with E-state index < -0.39 is 0 Å². The van der Waals surface area contributed by atoms with Crippen LogP contribution in [-0.2, 0) is 0 Å². The summed E-state index contributed by atoms with van der Waals surface area (Å²) < 4.78 is 0. The first-order valence-electron chi connectivity index (χ1n) is 4.42. The van der Waals surface area contributed by atoms with Gasteiger partial charge in [0, 0.05) is 6.04 Å². The number of nitrogens with one attached hydrogen (secondary N) is 1. The second-order valence-corrected chi connectivity index (χ2v) is 3.46. The lowest BCUT2D eigenvalue weighted by atomic mass is 9.90. The van der Waals surface area contributed by atoms with Crippen molar-refractivity contribution in [2.75, 3.05) is 6.54 Å². The molecule has 0 amide bonds. The average molecular weight is 153 g/mol. The third-order valence-electron chi connectivity index (χ3n) is 2.61. The molecule has 3 N–H and O–H groups in total. The third kappa shape index (κ3) is 1.38. The van der Waals surface area contributed by atoms with E-state index in [1.165, 1.54) is 25.7 Å². The first kappa shape index (κ1) is 7.10. The first-order chi connectivity index (χ1) is 5.36. The van der Waals surface area contributed by atoms with Crippen molar-refractivity contribution in [2.24, 2.45) is 10.7 Å². The molecule has 1 aliphatic heterocycles. The summed E-state index contributed by atoms with van der Waals surface area (Å²) in [5.74, 6) is 0.785. The van der Waals surface area contributed by atoms with Gasteiger partial charge in [-0.15, -0.1) is 0 Å². The van der Waals surface area contributed by atoms with Gasteiger partial charge in [0.15, 0.2) is 0 Å². The van der Waals surface area contributed by atoms with Crippen LogP contribution in [0, 0.1) is 0 Å². The van der Waals surface area contributed by atoms with Crippen molar-refractivity contribution in [3.63, 3.8) is 0 Å². The lowest BCUT2D eigenvalue weighted by Crippen LogP contribution is -2.49. The van der Waals surface area contributed by atoms with Gasteiger partial charge in [0.1, 0.15) is 5.84 Å². The van der Waals surface area contributed by atoms with Crippen LogP contribution >= 0.6 is 0 Å². The molecule has 0 bridgehead atoms. The minimum Gasteiger partial charge on any atom is -0.386 e. The molecule has 2 atom stereocenters. The number of hydrogen-bond acceptors (Lipinski definition) is 3. The van der Waals surface area contributed by atoms with Gasteiger partial charge in [-0.3, -0.25) is 4.99 Å². The Morgan fingerprint density at radius 3 is 3.09 bits per heavy atom. The molecular formula is C8H15N3. The molecule has 2 aliphatic rings. The monoisotopic (exact) mass is 153 g/mol. The molecule has 2 rings (SSSR count). The van der Waals surface area contributed by atoms with Gasteiger partial charge in [-0.25, -0.2) is 0 Å². The number of aliphatic imine (C=N–C) groups is 1. The summed E-state index contributed by atoms with van der Waals surface area (Å²) in [4.78, 5) is 4.44. The summed E-state index contributed by atoms with van der Waals surface area (Å²) in [5, 5.41) is 3.42. The SMILES string of the molecule is NC1=N[C@@H]2CCCC[C@H]2NC1. The predicted octanol–water partition coefficient (Wildman–Crippen LogP) is 0.258. The van der Waals surface area contributed by atoms with Crippen molar-refractivity contribution in [1.82, 2.24) is 5.32 Å². The van der Waals surface area contributed by atoms with Crippen LogP contribution in [0.4, 0.5) is 0 Å². The number of hydrogen-bond donors (Lipinski definition) is 2. The smallest absolute Gasteiger partial charge is 0.108 e. The van der Waals surface area contributed by atoms with Crippen molar-refractivity contribution in [2.45, 2.75) is 37.8 Å². The van der Waals surface area contributed by atoms with Crippen LogP contribution < -0.4 is 11.1 Å². The molecule has 62 valence electrons. The van der Waals surface area contributed by atoms with Gasteiger partial charge in [-0.2, -0.15) is 0 Å². The minimum atomic E-state index is 0.484. The maximum Gasteiger partial charge on any atom is 0.108 e. The first-order valence-corrected chi connectivity index (χ1v) is 4.42. The largest absolute Gasteiger partial charge is 0.386 e. The van der Waals surface area contributed by atoms with E-state index in [4.69, 9.17) is 5.73 Å². The molecule has 3 nitrogen and oxygen atoms in total. The molecule has 0 aromatic carbocycles. The van der Waals surface area contributed by atoms with Crippen LogP contribution in [0.2, 0.25) is 0 Å². The highest BCUT2D eigenvalue weighted by Crippen LogP contribution is 2.22. The second kappa shape index (κ2) is 2.81. The van der Waals surface area contributed by atoms with E-state index in [0.717, 1.165) is 12.4 Å². The molecule has 0 aromatic rings. The second-order valence-electron chi connectivity index (χ2n) is 3.46. The van der Waals surface area contributed by atoms with Gasteiger partial charge in [0.25, 0.3) is 0 Å². The van der Waals surface area contributed by atoms with Gasteiger partial charge < -0.3 is 11.1 Å². The van der Waals surface area contributed by atoms with Crippen molar-refractivity contribution in [3.8, 4) is 0 Å². The van der Waals surface area contributed by atoms with E-state index in [0.29, 0.717) is 12.1 Å². The van der Waals surface area contributed by atoms with E-state index in [1.807, 2.05) is 0 Å². The lowest BCUT2D eigenvalue weighted by Gasteiger charge is -2.33. The lowest BCUT2D eigenvalue weighted by molar-refractivity contribution is 0.329. The van der Waals surface area contributed by atoms with Crippen LogP contribution in [0.25, 0.3) is 0 Å². The minimum absolute atomic E-state index is 0.484. The summed E-state index contributed by atoms with van der Waals surface area (Å²) in [6, 6.07) is 1.11. The molecule has 0 unspecified atom stereocenters. The standard InChI is InChI=1S/C8H15N3/c9-8-5-10-6-3-1-2-4-7(6)11-8/h6-7,10H,1-5H2,(H2,9,11)/t6-,7-/m1/s1. The Labute approximate surface area is 67.1 Å². The fourth-order valence-electron chi connectivity index (χ4n) is 2.00. The predicted molar refractivity (Wildman–Crippen MR) is 45.7 cm³/mol. The third-order valence-corrected chi connectivity index (χ3v) is 2.61. The molecule has 1 saturated carbocycles. The number of rotatable bonds is 0. The van der Waals surface area contributed by atoms with E-state index in [9.17, 15) is 0 Å². The van der Waals surface area contributed by atoms with Gasteiger partial charge >= 0.3 is 0 Å². The Morgan fingerprint density at radius 1 is 1.36 bits per heavy atom.